The maximum Gasteiger partial charge on any atom is 0.145 e. The average Bonchev–Trinajstić information content (AvgIpc) is 2.60. The zero-order chi connectivity index (χ0) is 16.9. The van der Waals surface area contributed by atoms with Crippen LogP contribution in [0.4, 0.5) is 5.82 Å². The van der Waals surface area contributed by atoms with Gasteiger partial charge in [0.25, 0.3) is 0 Å². The minimum atomic E-state index is 0.528. The Morgan fingerprint density at radius 3 is 3.04 bits per heavy atom. The summed E-state index contributed by atoms with van der Waals surface area (Å²) < 4.78 is 0. The summed E-state index contributed by atoms with van der Waals surface area (Å²) in [6.45, 7) is 6.03. The van der Waals surface area contributed by atoms with Gasteiger partial charge in [-0.05, 0) is 19.1 Å². The van der Waals surface area contributed by atoms with E-state index < -0.39 is 0 Å². The minimum Gasteiger partial charge on any atom is -0.363 e. The highest BCUT2D eigenvalue weighted by Crippen LogP contribution is 2.37. The first kappa shape index (κ1) is 17.8. The van der Waals surface area contributed by atoms with Crippen molar-refractivity contribution in [2.75, 3.05) is 31.5 Å². The van der Waals surface area contributed by atoms with Gasteiger partial charge in [-0.2, -0.15) is 0 Å². The molecular weight excluding hydrogens is 365 g/mol. The van der Waals surface area contributed by atoms with Gasteiger partial charge < -0.3 is 16.0 Å². The van der Waals surface area contributed by atoms with Gasteiger partial charge in [0, 0.05) is 18.0 Å². The molecule has 5 nitrogen and oxygen atoms in total. The fraction of sp³-hybridized carbons (Fsp3) is 0.375. The molecule has 1 fully saturated rings. The van der Waals surface area contributed by atoms with Gasteiger partial charge in [-0.25, -0.2) is 9.97 Å². The van der Waals surface area contributed by atoms with Crippen molar-refractivity contribution in [3.63, 3.8) is 0 Å². The molecule has 1 unspecified atom stereocenters. The summed E-state index contributed by atoms with van der Waals surface area (Å²) in [4.78, 5) is 10.00. The number of rotatable bonds is 5. The van der Waals surface area contributed by atoms with Crippen LogP contribution in [-0.2, 0) is 0 Å². The summed E-state index contributed by atoms with van der Waals surface area (Å²) in [7, 11) is 0. The lowest BCUT2D eigenvalue weighted by Gasteiger charge is -2.21. The number of hydrogen-bond acceptors (Lipinski definition) is 5. The Morgan fingerprint density at radius 2 is 2.29 bits per heavy atom. The molecule has 1 aromatic heterocycles. The van der Waals surface area contributed by atoms with Gasteiger partial charge >= 0.3 is 0 Å². The van der Waals surface area contributed by atoms with E-state index in [4.69, 9.17) is 23.2 Å². The van der Waals surface area contributed by atoms with E-state index in [0.29, 0.717) is 16.1 Å². The summed E-state index contributed by atoms with van der Waals surface area (Å²) in [6.07, 6.45) is 1.77. The summed E-state index contributed by atoms with van der Waals surface area (Å²) >= 11 is 13.8. The maximum absolute atomic E-state index is 6.24. The highest BCUT2D eigenvalue weighted by Gasteiger charge is 2.16. The van der Waals surface area contributed by atoms with E-state index in [9.17, 15) is 0 Å². The second-order valence-electron chi connectivity index (χ2n) is 5.67. The number of aryl methyl sites for hydroxylation is 1. The van der Waals surface area contributed by atoms with Gasteiger partial charge in [0.2, 0.25) is 0 Å². The van der Waals surface area contributed by atoms with Crippen LogP contribution in [0.3, 0.4) is 0 Å². The summed E-state index contributed by atoms with van der Waals surface area (Å²) in [5.74, 6) is 0.799. The monoisotopic (exact) mass is 384 g/mol. The van der Waals surface area contributed by atoms with E-state index in [2.05, 4.69) is 25.9 Å². The smallest absolute Gasteiger partial charge is 0.145 e. The molecule has 0 aliphatic carbocycles. The molecule has 24 heavy (non-hydrogen) atoms. The normalized spacial score (nSPS) is 17.7. The zero-order valence-corrected chi connectivity index (χ0v) is 15.7. The molecular formula is C16H20Cl2N5S+. The first-order valence-electron chi connectivity index (χ1n) is 7.87. The molecule has 1 aromatic carbocycles. The number of halogens is 2. The lowest BCUT2D eigenvalue weighted by molar-refractivity contribution is -0.689. The highest BCUT2D eigenvalue weighted by molar-refractivity contribution is 7.99. The van der Waals surface area contributed by atoms with Crippen LogP contribution in [0, 0.1) is 6.92 Å². The van der Waals surface area contributed by atoms with Crippen LogP contribution in [0.2, 0.25) is 10.0 Å². The Labute approximate surface area is 155 Å². The Bertz CT molecular complexity index is 707. The van der Waals surface area contributed by atoms with E-state index in [-0.39, 0.29) is 0 Å². The van der Waals surface area contributed by atoms with Gasteiger partial charge in [0.1, 0.15) is 16.9 Å². The van der Waals surface area contributed by atoms with E-state index in [1.54, 1.807) is 12.3 Å². The number of nitrogens with one attached hydrogen (secondary N) is 2. The van der Waals surface area contributed by atoms with Gasteiger partial charge in [-0.1, -0.05) is 41.0 Å². The van der Waals surface area contributed by atoms with Crippen LogP contribution in [-0.4, -0.2) is 42.2 Å². The molecule has 2 aromatic rings. The number of nitrogens with zero attached hydrogens (tertiary/aromatic N) is 2. The molecule has 4 N–H and O–H groups in total. The lowest BCUT2D eigenvalue weighted by atomic mass is 10.2. The highest BCUT2D eigenvalue weighted by atomic mass is 35.5. The average molecular weight is 385 g/mol. The predicted octanol–water partition coefficient (Wildman–Crippen LogP) is 2.19. The van der Waals surface area contributed by atoms with Crippen LogP contribution >= 0.6 is 35.0 Å². The van der Waals surface area contributed by atoms with Crippen molar-refractivity contribution >= 4 is 40.8 Å². The van der Waals surface area contributed by atoms with Gasteiger partial charge in [-0.15, -0.1) is 0 Å². The molecule has 0 radical (unpaired) electrons. The third-order valence-corrected chi connectivity index (χ3v) is 5.88. The summed E-state index contributed by atoms with van der Waals surface area (Å²) in [5, 5.41) is 11.0. The summed E-state index contributed by atoms with van der Waals surface area (Å²) in [6, 6.07) is 6.11. The number of anilines is 1. The number of hydrogen-bond donors (Lipinski definition) is 3. The quantitative estimate of drug-likeness (QED) is 0.737. The fourth-order valence-electron chi connectivity index (χ4n) is 2.51. The SMILES string of the molecule is Cc1nc(NCC2CNCC[NH2+]2)cnc1Sc1cccc(Cl)c1Cl. The minimum absolute atomic E-state index is 0.528. The lowest BCUT2D eigenvalue weighted by Crippen LogP contribution is -2.96. The molecule has 128 valence electrons. The van der Waals surface area contributed by atoms with Crippen LogP contribution in [0.5, 0.6) is 0 Å². The zero-order valence-electron chi connectivity index (χ0n) is 13.4. The van der Waals surface area contributed by atoms with E-state index in [0.717, 1.165) is 47.6 Å². The maximum atomic E-state index is 6.24. The molecule has 0 bridgehead atoms. The molecule has 3 rings (SSSR count). The van der Waals surface area contributed by atoms with Crippen molar-refractivity contribution in [2.24, 2.45) is 0 Å². The first-order chi connectivity index (χ1) is 11.6. The second kappa shape index (κ2) is 8.36. The standard InChI is InChI=1S/C16H19Cl2N5S/c1-10-16(24-13-4-2-3-12(17)15(13)18)22-9-14(23-10)21-8-11-7-19-5-6-20-11/h2-4,9,11,19-20H,5-8H2,1H3,(H,21,23)/p+1. The number of piperazine rings is 1. The molecule has 1 saturated heterocycles. The molecule has 8 heteroatoms. The predicted molar refractivity (Wildman–Crippen MR) is 99.3 cm³/mol. The van der Waals surface area contributed by atoms with Gasteiger partial charge in [0.05, 0.1) is 35.0 Å². The topological polar surface area (TPSA) is 66.5 Å². The number of quaternary nitrogens is 1. The Kier molecular flexibility index (Phi) is 6.19. The molecule has 1 atom stereocenters. The first-order valence-corrected chi connectivity index (χ1v) is 9.44. The van der Waals surface area contributed by atoms with Crippen molar-refractivity contribution in [3.8, 4) is 0 Å². The van der Waals surface area contributed by atoms with Gasteiger partial charge in [0.15, 0.2) is 0 Å². The van der Waals surface area contributed by atoms with Crippen LogP contribution in [0.25, 0.3) is 0 Å². The van der Waals surface area contributed by atoms with Crippen molar-refractivity contribution < 1.29 is 5.32 Å². The van der Waals surface area contributed by atoms with E-state index in [1.807, 2.05) is 19.1 Å². The molecule has 1 aliphatic heterocycles. The number of aromatic nitrogens is 2. The van der Waals surface area contributed by atoms with Crippen LogP contribution < -0.4 is 16.0 Å². The molecule has 0 amide bonds. The van der Waals surface area contributed by atoms with Crippen LogP contribution in [0.15, 0.2) is 34.3 Å². The number of nitrogens with two attached hydrogens (primary N) is 1. The van der Waals surface area contributed by atoms with E-state index in [1.165, 1.54) is 11.8 Å². The van der Waals surface area contributed by atoms with Gasteiger partial charge in [-0.3, -0.25) is 0 Å². The second-order valence-corrected chi connectivity index (χ2v) is 7.49. The fourth-order valence-corrected chi connectivity index (χ4v) is 3.83. The van der Waals surface area contributed by atoms with E-state index >= 15 is 0 Å². The Hall–Kier alpha value is -1.05. The van der Waals surface area contributed by atoms with Crippen LogP contribution in [0.1, 0.15) is 5.69 Å². The molecule has 1 aliphatic rings. The molecule has 2 heterocycles. The molecule has 0 saturated carbocycles. The largest absolute Gasteiger partial charge is 0.363 e. The van der Waals surface area contributed by atoms with Crippen molar-refractivity contribution in [1.29, 1.82) is 0 Å². The third kappa shape index (κ3) is 4.52. The Morgan fingerprint density at radius 1 is 1.42 bits per heavy atom. The molecule has 0 spiro atoms. The van der Waals surface area contributed by atoms with Crippen molar-refractivity contribution in [1.82, 2.24) is 15.3 Å². The Balaban J connectivity index is 1.64. The van der Waals surface area contributed by atoms with Crippen molar-refractivity contribution in [3.05, 3.63) is 40.1 Å². The summed E-state index contributed by atoms with van der Waals surface area (Å²) in [5.41, 5.74) is 0.867. The van der Waals surface area contributed by atoms with Crippen molar-refractivity contribution in [2.45, 2.75) is 22.9 Å². The third-order valence-electron chi connectivity index (χ3n) is 3.80. The number of benzene rings is 1.